The molecule has 0 heterocycles. The van der Waals surface area contributed by atoms with Crippen molar-refractivity contribution in [3.8, 4) is 0 Å². The largest absolute Gasteiger partial charge is 0.481 e. The number of ketones is 1. The molecular formula is C14H26O4. The van der Waals surface area contributed by atoms with E-state index in [1.54, 1.807) is 6.92 Å². The molecule has 1 atom stereocenters. The second kappa shape index (κ2) is 11.2. The molecule has 0 fully saturated rings. The molecule has 0 aliphatic rings. The molecule has 0 spiro atoms. The Balaban J connectivity index is 3.57. The fourth-order valence-corrected chi connectivity index (χ4v) is 2.07. The molecule has 0 saturated carbocycles. The number of hydrogen-bond donors (Lipinski definition) is 2. The van der Waals surface area contributed by atoms with Crippen molar-refractivity contribution in [3.63, 3.8) is 0 Å². The first-order valence-electron chi connectivity index (χ1n) is 6.91. The van der Waals surface area contributed by atoms with E-state index < -0.39 is 5.97 Å². The zero-order valence-corrected chi connectivity index (χ0v) is 11.4. The highest BCUT2D eigenvalue weighted by molar-refractivity contribution is 5.78. The Bertz CT molecular complexity index is 238. The Morgan fingerprint density at radius 3 is 2.00 bits per heavy atom. The van der Waals surface area contributed by atoms with Gasteiger partial charge in [0, 0.05) is 18.9 Å². The molecule has 4 heteroatoms. The quantitative estimate of drug-likeness (QED) is 0.528. The summed E-state index contributed by atoms with van der Waals surface area (Å²) >= 11 is 0. The van der Waals surface area contributed by atoms with E-state index in [4.69, 9.17) is 10.2 Å². The molecule has 0 bridgehead atoms. The Kier molecular flexibility index (Phi) is 10.6. The van der Waals surface area contributed by atoms with Gasteiger partial charge in [-0.25, -0.2) is 0 Å². The van der Waals surface area contributed by atoms with Gasteiger partial charge >= 0.3 is 5.97 Å². The van der Waals surface area contributed by atoms with Crippen LogP contribution in [-0.4, -0.2) is 28.6 Å². The third kappa shape index (κ3) is 10.3. The molecular weight excluding hydrogens is 232 g/mol. The standard InChI is InChI=1S/C14H26O4/c1-12(16)13(9-6-7-11-15)8-4-2-3-5-10-14(17)18/h13,15H,2-11H2,1H3,(H,17,18)/t13-/m0/s1. The summed E-state index contributed by atoms with van der Waals surface area (Å²) in [5.41, 5.74) is 0. The van der Waals surface area contributed by atoms with Crippen molar-refractivity contribution >= 4 is 11.8 Å². The number of hydrogen-bond acceptors (Lipinski definition) is 3. The molecule has 0 aromatic heterocycles. The molecule has 0 amide bonds. The van der Waals surface area contributed by atoms with Crippen molar-refractivity contribution in [1.82, 2.24) is 0 Å². The van der Waals surface area contributed by atoms with Gasteiger partial charge in [0.2, 0.25) is 0 Å². The summed E-state index contributed by atoms with van der Waals surface area (Å²) < 4.78 is 0. The summed E-state index contributed by atoms with van der Waals surface area (Å²) in [5.74, 6) is -0.380. The number of carbonyl (C=O) groups is 2. The number of aliphatic hydroxyl groups excluding tert-OH is 1. The lowest BCUT2D eigenvalue weighted by Gasteiger charge is -2.13. The third-order valence-corrected chi connectivity index (χ3v) is 3.23. The molecule has 0 aliphatic heterocycles. The van der Waals surface area contributed by atoms with Gasteiger partial charge in [-0.15, -0.1) is 0 Å². The van der Waals surface area contributed by atoms with Crippen LogP contribution < -0.4 is 0 Å². The second-order valence-electron chi connectivity index (χ2n) is 4.87. The molecule has 0 aromatic rings. The number of carboxylic acids is 1. The minimum atomic E-state index is -0.736. The van der Waals surface area contributed by atoms with Crippen molar-refractivity contribution in [2.24, 2.45) is 5.92 Å². The maximum absolute atomic E-state index is 11.4. The number of carbonyl (C=O) groups excluding carboxylic acids is 1. The molecule has 0 unspecified atom stereocenters. The average Bonchev–Trinajstić information content (AvgIpc) is 2.30. The van der Waals surface area contributed by atoms with E-state index in [0.717, 1.165) is 51.4 Å². The third-order valence-electron chi connectivity index (χ3n) is 3.23. The van der Waals surface area contributed by atoms with Gasteiger partial charge in [0.05, 0.1) is 0 Å². The zero-order chi connectivity index (χ0) is 13.8. The van der Waals surface area contributed by atoms with Crippen LogP contribution in [-0.2, 0) is 9.59 Å². The van der Waals surface area contributed by atoms with Crippen molar-refractivity contribution < 1.29 is 19.8 Å². The van der Waals surface area contributed by atoms with Crippen LogP contribution in [0, 0.1) is 5.92 Å². The zero-order valence-electron chi connectivity index (χ0n) is 11.4. The van der Waals surface area contributed by atoms with Crippen LogP contribution >= 0.6 is 0 Å². The Labute approximate surface area is 109 Å². The van der Waals surface area contributed by atoms with Gasteiger partial charge in [-0.05, 0) is 32.6 Å². The smallest absolute Gasteiger partial charge is 0.303 e. The first-order chi connectivity index (χ1) is 8.57. The highest BCUT2D eigenvalue weighted by Gasteiger charge is 2.13. The SMILES string of the molecule is CC(=O)[C@H](CCCCO)CCCCCCC(=O)O. The number of aliphatic carboxylic acids is 1. The van der Waals surface area contributed by atoms with Crippen LogP contribution in [0.2, 0.25) is 0 Å². The van der Waals surface area contributed by atoms with E-state index >= 15 is 0 Å². The predicted molar refractivity (Wildman–Crippen MR) is 70.4 cm³/mol. The van der Waals surface area contributed by atoms with Crippen LogP contribution in [0.25, 0.3) is 0 Å². The highest BCUT2D eigenvalue weighted by atomic mass is 16.4. The lowest BCUT2D eigenvalue weighted by molar-refractivity contribution is -0.137. The van der Waals surface area contributed by atoms with E-state index in [1.165, 1.54) is 0 Å². The summed E-state index contributed by atoms with van der Waals surface area (Å²) in [6, 6.07) is 0. The molecule has 0 saturated heterocycles. The fourth-order valence-electron chi connectivity index (χ4n) is 2.07. The summed E-state index contributed by atoms with van der Waals surface area (Å²) in [6.07, 6.45) is 7.31. The van der Waals surface area contributed by atoms with Crippen LogP contribution in [0.5, 0.6) is 0 Å². The number of carboxylic acid groups (broad SMARTS) is 1. The first kappa shape index (κ1) is 17.1. The minimum absolute atomic E-state index is 0.121. The van der Waals surface area contributed by atoms with E-state index in [-0.39, 0.29) is 24.7 Å². The van der Waals surface area contributed by atoms with E-state index in [0.29, 0.717) is 0 Å². The van der Waals surface area contributed by atoms with Crippen LogP contribution in [0.15, 0.2) is 0 Å². The lowest BCUT2D eigenvalue weighted by atomic mass is 9.92. The monoisotopic (exact) mass is 258 g/mol. The normalized spacial score (nSPS) is 12.3. The molecule has 0 aromatic carbocycles. The van der Waals surface area contributed by atoms with E-state index in [9.17, 15) is 9.59 Å². The number of Topliss-reactive ketones (excluding diaryl/α,β-unsaturated/α-hetero) is 1. The van der Waals surface area contributed by atoms with E-state index in [2.05, 4.69) is 0 Å². The molecule has 0 radical (unpaired) electrons. The Hall–Kier alpha value is -0.900. The Morgan fingerprint density at radius 1 is 0.944 bits per heavy atom. The summed E-state index contributed by atoms with van der Waals surface area (Å²) in [7, 11) is 0. The van der Waals surface area contributed by atoms with Crippen LogP contribution in [0.1, 0.15) is 64.7 Å². The topological polar surface area (TPSA) is 74.6 Å². The van der Waals surface area contributed by atoms with Crippen molar-refractivity contribution in [1.29, 1.82) is 0 Å². The Morgan fingerprint density at radius 2 is 1.50 bits per heavy atom. The maximum Gasteiger partial charge on any atom is 0.303 e. The van der Waals surface area contributed by atoms with Crippen LogP contribution in [0.4, 0.5) is 0 Å². The summed E-state index contributed by atoms with van der Waals surface area (Å²) in [4.78, 5) is 21.7. The average molecular weight is 258 g/mol. The first-order valence-corrected chi connectivity index (χ1v) is 6.91. The van der Waals surface area contributed by atoms with E-state index in [1.807, 2.05) is 0 Å². The van der Waals surface area contributed by atoms with Gasteiger partial charge in [0.15, 0.2) is 0 Å². The molecule has 18 heavy (non-hydrogen) atoms. The van der Waals surface area contributed by atoms with Crippen molar-refractivity contribution in [2.75, 3.05) is 6.61 Å². The molecule has 4 nitrogen and oxygen atoms in total. The minimum Gasteiger partial charge on any atom is -0.481 e. The van der Waals surface area contributed by atoms with Gasteiger partial charge < -0.3 is 10.2 Å². The molecule has 0 aliphatic carbocycles. The lowest BCUT2D eigenvalue weighted by Crippen LogP contribution is -2.11. The summed E-state index contributed by atoms with van der Waals surface area (Å²) in [5, 5.41) is 17.2. The van der Waals surface area contributed by atoms with Gasteiger partial charge in [-0.2, -0.15) is 0 Å². The molecule has 106 valence electrons. The fraction of sp³-hybridized carbons (Fsp3) is 0.857. The van der Waals surface area contributed by atoms with Gasteiger partial charge in [0.25, 0.3) is 0 Å². The summed E-state index contributed by atoms with van der Waals surface area (Å²) in [6.45, 7) is 1.83. The highest BCUT2D eigenvalue weighted by Crippen LogP contribution is 2.18. The maximum atomic E-state index is 11.4. The predicted octanol–water partition coefficient (Wildman–Crippen LogP) is 2.78. The molecule has 0 rings (SSSR count). The number of aliphatic hydroxyl groups is 1. The van der Waals surface area contributed by atoms with Crippen molar-refractivity contribution in [3.05, 3.63) is 0 Å². The van der Waals surface area contributed by atoms with Crippen LogP contribution in [0.3, 0.4) is 0 Å². The second-order valence-corrected chi connectivity index (χ2v) is 4.87. The number of unbranched alkanes of at least 4 members (excludes halogenated alkanes) is 4. The molecule has 2 N–H and O–H groups in total. The van der Waals surface area contributed by atoms with Gasteiger partial charge in [-0.1, -0.05) is 25.7 Å². The number of rotatable bonds is 12. The van der Waals surface area contributed by atoms with Gasteiger partial charge in [0.1, 0.15) is 5.78 Å². The van der Waals surface area contributed by atoms with Gasteiger partial charge in [-0.3, -0.25) is 9.59 Å². The van der Waals surface area contributed by atoms with Crippen molar-refractivity contribution in [2.45, 2.75) is 64.7 Å².